The molecule has 2 aromatic rings. The molecule has 41 heavy (non-hydrogen) atoms. The molecule has 0 bridgehead atoms. The number of sulfonamides is 1. The Bertz CT molecular complexity index is 1340. The van der Waals surface area contributed by atoms with Gasteiger partial charge in [0.2, 0.25) is 10.0 Å². The van der Waals surface area contributed by atoms with Crippen molar-refractivity contribution in [2.45, 2.75) is 94.1 Å². The second kappa shape index (κ2) is 13.1. The van der Waals surface area contributed by atoms with E-state index < -0.39 is 44.8 Å². The Morgan fingerprint density at radius 2 is 1.71 bits per heavy atom. The van der Waals surface area contributed by atoms with Gasteiger partial charge in [-0.25, -0.2) is 8.42 Å². The van der Waals surface area contributed by atoms with Crippen molar-refractivity contribution in [1.82, 2.24) is 4.31 Å². The Balaban J connectivity index is 1.80. The maximum absolute atomic E-state index is 14.6. The number of hydrogen-bond donors (Lipinski definition) is 1. The van der Waals surface area contributed by atoms with Crippen LogP contribution in [0.3, 0.4) is 0 Å². The van der Waals surface area contributed by atoms with E-state index in [1.807, 2.05) is 0 Å². The normalized spacial score (nSPS) is 24.0. The van der Waals surface area contributed by atoms with E-state index >= 15 is 0 Å². The third-order valence-corrected chi connectivity index (χ3v) is 11.7. The van der Waals surface area contributed by atoms with Crippen molar-refractivity contribution < 1.29 is 27.9 Å². The summed E-state index contributed by atoms with van der Waals surface area (Å²) in [6.07, 6.45) is 4.84. The number of benzene rings is 2. The van der Waals surface area contributed by atoms with Gasteiger partial charge in [0.15, 0.2) is 0 Å². The third-order valence-electron chi connectivity index (χ3n) is 7.91. The number of carboxylic acid groups (broad SMARTS) is 1. The Kier molecular flexibility index (Phi) is 10.1. The summed E-state index contributed by atoms with van der Waals surface area (Å²) in [6.45, 7) is 7.17. The second-order valence-corrected chi connectivity index (χ2v) is 15.6. The van der Waals surface area contributed by atoms with Crippen LogP contribution in [0.25, 0.3) is 0 Å². The van der Waals surface area contributed by atoms with E-state index in [4.69, 9.17) is 16.3 Å². The molecule has 1 aliphatic heterocycles. The van der Waals surface area contributed by atoms with Gasteiger partial charge in [0.25, 0.3) is 0 Å². The average molecular weight is 622 g/mol. The molecule has 1 aliphatic carbocycles. The van der Waals surface area contributed by atoms with E-state index in [-0.39, 0.29) is 17.3 Å². The maximum atomic E-state index is 14.6. The fourth-order valence-corrected chi connectivity index (χ4v) is 9.99. The van der Waals surface area contributed by atoms with Crippen LogP contribution in [-0.2, 0) is 24.3 Å². The summed E-state index contributed by atoms with van der Waals surface area (Å²) in [7, 11) is -4.10. The van der Waals surface area contributed by atoms with Crippen LogP contribution in [0.5, 0.6) is 0 Å². The summed E-state index contributed by atoms with van der Waals surface area (Å²) < 4.78 is 36.1. The van der Waals surface area contributed by atoms with Crippen LogP contribution in [0.1, 0.15) is 76.5 Å². The Morgan fingerprint density at radius 1 is 1.07 bits per heavy atom. The quantitative estimate of drug-likeness (QED) is 0.289. The topological polar surface area (TPSA) is 101 Å². The molecule has 2 aliphatic rings. The summed E-state index contributed by atoms with van der Waals surface area (Å²) in [5.74, 6) is -1.80. The Hall–Kier alpha value is -2.07. The van der Waals surface area contributed by atoms with Gasteiger partial charge in [-0.3, -0.25) is 9.59 Å². The molecular weight excluding hydrogens is 582 g/mol. The summed E-state index contributed by atoms with van der Waals surface area (Å²) in [5, 5.41) is 10.6. The van der Waals surface area contributed by atoms with Crippen LogP contribution in [-0.4, -0.2) is 52.4 Å². The molecule has 4 atom stereocenters. The minimum atomic E-state index is -4.10. The van der Waals surface area contributed by atoms with Crippen molar-refractivity contribution in [3.8, 4) is 0 Å². The van der Waals surface area contributed by atoms with E-state index in [0.29, 0.717) is 34.2 Å². The van der Waals surface area contributed by atoms with Crippen molar-refractivity contribution in [2.24, 2.45) is 11.8 Å². The SMILES string of the molecule is Cc1ccccc1S(=O)(=O)N1C(CC2CCCC2)[C@@H](SCCC(=O)OC(C)(C)C)[C@@H](C(=O)O)C1c1ccc(Cl)cc1. The molecular formula is C31H40ClNO6S2. The number of carbonyl (C=O) groups is 2. The lowest BCUT2D eigenvalue weighted by Gasteiger charge is -2.33. The van der Waals surface area contributed by atoms with Crippen LogP contribution in [0, 0.1) is 18.8 Å². The predicted molar refractivity (Wildman–Crippen MR) is 163 cm³/mol. The number of aryl methyl sites for hydroxylation is 1. The minimum Gasteiger partial charge on any atom is -0.481 e. The number of aliphatic carboxylic acids is 1. The van der Waals surface area contributed by atoms with E-state index in [1.165, 1.54) is 16.1 Å². The smallest absolute Gasteiger partial charge is 0.309 e. The number of halogens is 1. The number of thioether (sulfide) groups is 1. The average Bonchev–Trinajstić information content (AvgIpc) is 3.50. The van der Waals surface area contributed by atoms with Gasteiger partial charge in [0.05, 0.1) is 23.3 Å². The first-order valence-corrected chi connectivity index (χ1v) is 17.1. The number of esters is 1. The molecule has 2 aromatic carbocycles. The van der Waals surface area contributed by atoms with E-state index in [2.05, 4.69) is 0 Å². The number of rotatable bonds is 10. The standard InChI is InChI=1S/C31H40ClNO6S2/c1-20-9-5-8-12-25(20)41(37,38)33-24(19-21-10-6-7-11-21)29(40-18-17-26(34)39-31(2,3)4)27(30(35)36)28(33)22-13-15-23(32)16-14-22/h5,8-9,12-16,21,24,27-29H,6-7,10-11,17-19H2,1-4H3,(H,35,36)/t24?,27-,28?,29+/m0/s1. The highest BCUT2D eigenvalue weighted by Gasteiger charge is 2.57. The fraction of sp³-hybridized carbons (Fsp3) is 0.548. The minimum absolute atomic E-state index is 0.108. The summed E-state index contributed by atoms with van der Waals surface area (Å²) in [4.78, 5) is 25.7. The highest BCUT2D eigenvalue weighted by atomic mass is 35.5. The lowest BCUT2D eigenvalue weighted by atomic mass is 9.91. The highest BCUT2D eigenvalue weighted by molar-refractivity contribution is 8.00. The monoisotopic (exact) mass is 621 g/mol. The fourth-order valence-electron chi connectivity index (χ4n) is 6.22. The molecule has 1 heterocycles. The van der Waals surface area contributed by atoms with Crippen molar-refractivity contribution in [1.29, 1.82) is 0 Å². The summed E-state index contributed by atoms with van der Waals surface area (Å²) >= 11 is 7.55. The first-order chi connectivity index (χ1) is 19.3. The van der Waals surface area contributed by atoms with Crippen LogP contribution in [0.2, 0.25) is 5.02 Å². The number of carbonyl (C=O) groups excluding carboxylic acids is 1. The molecule has 0 aromatic heterocycles. The van der Waals surface area contributed by atoms with Gasteiger partial charge in [-0.05, 0) is 69.4 Å². The number of carboxylic acids is 1. The number of ether oxygens (including phenoxy) is 1. The number of nitrogens with zero attached hydrogens (tertiary/aromatic N) is 1. The van der Waals surface area contributed by atoms with Gasteiger partial charge in [0.1, 0.15) is 5.60 Å². The Labute approximate surface area is 253 Å². The Morgan fingerprint density at radius 3 is 2.29 bits per heavy atom. The highest BCUT2D eigenvalue weighted by Crippen LogP contribution is 2.52. The first kappa shape index (κ1) is 31.9. The zero-order valence-electron chi connectivity index (χ0n) is 24.1. The maximum Gasteiger partial charge on any atom is 0.309 e. The molecule has 4 rings (SSSR count). The number of hydrogen-bond acceptors (Lipinski definition) is 6. The van der Waals surface area contributed by atoms with Crippen LogP contribution < -0.4 is 0 Å². The third kappa shape index (κ3) is 7.48. The molecule has 7 nitrogen and oxygen atoms in total. The van der Waals surface area contributed by atoms with Gasteiger partial charge in [0, 0.05) is 22.1 Å². The van der Waals surface area contributed by atoms with Crippen LogP contribution in [0.4, 0.5) is 0 Å². The van der Waals surface area contributed by atoms with Crippen LogP contribution in [0.15, 0.2) is 53.4 Å². The van der Waals surface area contributed by atoms with Crippen molar-refractivity contribution >= 4 is 45.3 Å². The van der Waals surface area contributed by atoms with Crippen LogP contribution >= 0.6 is 23.4 Å². The first-order valence-electron chi connectivity index (χ1n) is 14.2. The summed E-state index contributed by atoms with van der Waals surface area (Å²) in [6, 6.07) is 12.1. The molecule has 0 spiro atoms. The zero-order chi connectivity index (χ0) is 29.9. The lowest BCUT2D eigenvalue weighted by Crippen LogP contribution is -2.41. The van der Waals surface area contributed by atoms with Gasteiger partial charge in [-0.2, -0.15) is 16.1 Å². The molecule has 1 N–H and O–H groups in total. The molecule has 1 saturated heterocycles. The molecule has 1 saturated carbocycles. The van der Waals surface area contributed by atoms with Crippen molar-refractivity contribution in [3.63, 3.8) is 0 Å². The predicted octanol–water partition coefficient (Wildman–Crippen LogP) is 6.88. The molecule has 2 unspecified atom stereocenters. The van der Waals surface area contributed by atoms with E-state index in [9.17, 15) is 23.1 Å². The van der Waals surface area contributed by atoms with Crippen molar-refractivity contribution in [3.05, 3.63) is 64.7 Å². The molecule has 10 heteroatoms. The van der Waals surface area contributed by atoms with Gasteiger partial charge in [-0.1, -0.05) is 67.6 Å². The van der Waals surface area contributed by atoms with E-state index in [1.54, 1.807) is 76.2 Å². The lowest BCUT2D eigenvalue weighted by molar-refractivity contribution is -0.154. The van der Waals surface area contributed by atoms with Gasteiger partial charge >= 0.3 is 11.9 Å². The molecule has 224 valence electrons. The zero-order valence-corrected chi connectivity index (χ0v) is 26.5. The molecule has 0 amide bonds. The van der Waals surface area contributed by atoms with Gasteiger partial charge < -0.3 is 9.84 Å². The summed E-state index contributed by atoms with van der Waals surface area (Å²) in [5.41, 5.74) is 0.572. The molecule has 2 fully saturated rings. The largest absolute Gasteiger partial charge is 0.481 e. The second-order valence-electron chi connectivity index (χ2n) is 12.1. The van der Waals surface area contributed by atoms with E-state index in [0.717, 1.165) is 25.7 Å². The van der Waals surface area contributed by atoms with Gasteiger partial charge in [-0.15, -0.1) is 0 Å². The molecule has 0 radical (unpaired) electrons. The van der Waals surface area contributed by atoms with Crippen molar-refractivity contribution in [2.75, 3.05) is 5.75 Å².